The van der Waals surface area contributed by atoms with Gasteiger partial charge in [-0.05, 0) is 25.0 Å². The molecule has 110 valence electrons. The van der Waals surface area contributed by atoms with Crippen molar-refractivity contribution in [1.82, 2.24) is 15.6 Å². The van der Waals surface area contributed by atoms with E-state index < -0.39 is 6.04 Å². The van der Waals surface area contributed by atoms with Crippen molar-refractivity contribution in [3.63, 3.8) is 0 Å². The first-order valence-electron chi connectivity index (χ1n) is 6.66. The fourth-order valence-electron chi connectivity index (χ4n) is 1.47. The number of amides is 2. The Labute approximate surface area is 119 Å². The summed E-state index contributed by atoms with van der Waals surface area (Å²) >= 11 is 0. The third-order valence-corrected chi connectivity index (χ3v) is 2.71. The number of nitrogens with zero attached hydrogens (tertiary/aromatic N) is 1. The van der Waals surface area contributed by atoms with E-state index in [0.29, 0.717) is 12.5 Å². The molecule has 2 amide bonds. The van der Waals surface area contributed by atoms with Crippen LogP contribution in [0, 0.1) is 5.92 Å². The van der Waals surface area contributed by atoms with Gasteiger partial charge in [-0.1, -0.05) is 13.8 Å². The minimum Gasteiger partial charge on any atom is -0.387 e. The second-order valence-corrected chi connectivity index (χ2v) is 5.02. The average Bonchev–Trinajstić information content (AvgIpc) is 2.44. The zero-order valence-corrected chi connectivity index (χ0v) is 12.4. The lowest BCUT2D eigenvalue weighted by atomic mass is 10.2. The molecule has 0 aliphatic carbocycles. The van der Waals surface area contributed by atoms with Gasteiger partial charge in [0.15, 0.2) is 0 Å². The van der Waals surface area contributed by atoms with Gasteiger partial charge >= 0.3 is 0 Å². The van der Waals surface area contributed by atoms with Crippen molar-refractivity contribution in [2.75, 3.05) is 18.9 Å². The summed E-state index contributed by atoms with van der Waals surface area (Å²) in [6.45, 7) is 6.26. The van der Waals surface area contributed by atoms with Crippen LogP contribution in [-0.4, -0.2) is 36.4 Å². The highest BCUT2D eigenvalue weighted by atomic mass is 16.2. The van der Waals surface area contributed by atoms with Crippen LogP contribution in [0.25, 0.3) is 0 Å². The maximum absolute atomic E-state index is 11.9. The van der Waals surface area contributed by atoms with E-state index in [2.05, 4.69) is 20.9 Å². The number of rotatable bonds is 6. The maximum Gasteiger partial charge on any atom is 0.270 e. The number of hydrogen-bond acceptors (Lipinski definition) is 4. The summed E-state index contributed by atoms with van der Waals surface area (Å²) < 4.78 is 0. The van der Waals surface area contributed by atoms with Gasteiger partial charge in [0.25, 0.3) is 5.91 Å². The Bertz CT molecular complexity index is 457. The second-order valence-electron chi connectivity index (χ2n) is 5.02. The van der Waals surface area contributed by atoms with Gasteiger partial charge in [-0.3, -0.25) is 9.59 Å². The number of aromatic nitrogens is 1. The molecule has 0 aromatic carbocycles. The van der Waals surface area contributed by atoms with Gasteiger partial charge in [0, 0.05) is 13.6 Å². The molecule has 1 aromatic heterocycles. The van der Waals surface area contributed by atoms with Gasteiger partial charge in [0.05, 0.1) is 11.9 Å². The molecular weight excluding hydrogens is 256 g/mol. The van der Waals surface area contributed by atoms with E-state index in [1.807, 2.05) is 13.8 Å². The minimum absolute atomic E-state index is 0.195. The van der Waals surface area contributed by atoms with Crippen molar-refractivity contribution in [2.45, 2.75) is 26.8 Å². The molecule has 0 radical (unpaired) electrons. The highest BCUT2D eigenvalue weighted by Gasteiger charge is 2.17. The molecule has 0 saturated heterocycles. The van der Waals surface area contributed by atoms with Crippen LogP contribution in [-0.2, 0) is 4.79 Å². The number of carbonyl (C=O) groups excluding carboxylic acids is 2. The molecule has 20 heavy (non-hydrogen) atoms. The van der Waals surface area contributed by atoms with E-state index in [1.54, 1.807) is 32.3 Å². The summed E-state index contributed by atoms with van der Waals surface area (Å²) in [5.41, 5.74) is 1.11. The van der Waals surface area contributed by atoms with E-state index in [4.69, 9.17) is 0 Å². The van der Waals surface area contributed by atoms with Gasteiger partial charge in [-0.2, -0.15) is 0 Å². The largest absolute Gasteiger partial charge is 0.387 e. The summed E-state index contributed by atoms with van der Waals surface area (Å²) in [5.74, 6) is -0.184. The molecule has 1 heterocycles. The first-order valence-corrected chi connectivity index (χ1v) is 6.66. The lowest BCUT2D eigenvalue weighted by Gasteiger charge is -2.15. The standard InChI is InChI=1S/C14H22N4O2/c1-9(2)7-17-13(19)10(3)18-14(20)12-6-5-11(15-4)8-16-12/h5-6,8-10,15H,7H2,1-4H3,(H,17,19)(H,18,20). The van der Waals surface area contributed by atoms with E-state index >= 15 is 0 Å². The van der Waals surface area contributed by atoms with Crippen molar-refractivity contribution in [1.29, 1.82) is 0 Å². The number of hydrogen-bond donors (Lipinski definition) is 3. The van der Waals surface area contributed by atoms with Crippen molar-refractivity contribution in [3.8, 4) is 0 Å². The van der Waals surface area contributed by atoms with E-state index in [-0.39, 0.29) is 17.5 Å². The second kappa shape index (κ2) is 7.47. The zero-order valence-electron chi connectivity index (χ0n) is 12.4. The van der Waals surface area contributed by atoms with Crippen LogP contribution in [0.15, 0.2) is 18.3 Å². The molecule has 0 saturated carbocycles. The Morgan fingerprint density at radius 1 is 1.25 bits per heavy atom. The Morgan fingerprint density at radius 3 is 2.45 bits per heavy atom. The fourth-order valence-corrected chi connectivity index (χ4v) is 1.47. The van der Waals surface area contributed by atoms with Crippen molar-refractivity contribution in [3.05, 3.63) is 24.0 Å². The molecule has 0 aliphatic heterocycles. The van der Waals surface area contributed by atoms with Crippen LogP contribution in [0.3, 0.4) is 0 Å². The molecule has 1 rings (SSSR count). The summed E-state index contributed by atoms with van der Waals surface area (Å²) in [6.07, 6.45) is 1.57. The first kappa shape index (κ1) is 15.9. The molecule has 0 fully saturated rings. The topological polar surface area (TPSA) is 83.1 Å². The molecule has 1 atom stereocenters. The van der Waals surface area contributed by atoms with Crippen molar-refractivity contribution < 1.29 is 9.59 Å². The van der Waals surface area contributed by atoms with Gasteiger partial charge in [0.2, 0.25) is 5.91 Å². The Morgan fingerprint density at radius 2 is 1.95 bits per heavy atom. The summed E-state index contributed by atoms with van der Waals surface area (Å²) in [6, 6.07) is 2.78. The van der Waals surface area contributed by atoms with Gasteiger partial charge in [-0.15, -0.1) is 0 Å². The van der Waals surface area contributed by atoms with E-state index in [1.165, 1.54) is 0 Å². The normalized spacial score (nSPS) is 11.8. The van der Waals surface area contributed by atoms with Crippen LogP contribution in [0.2, 0.25) is 0 Å². The van der Waals surface area contributed by atoms with Crippen molar-refractivity contribution in [2.24, 2.45) is 5.92 Å². The van der Waals surface area contributed by atoms with Crippen molar-refractivity contribution >= 4 is 17.5 Å². The number of carbonyl (C=O) groups is 2. The molecular formula is C14H22N4O2. The van der Waals surface area contributed by atoms with Crippen LogP contribution >= 0.6 is 0 Å². The lowest BCUT2D eigenvalue weighted by Crippen LogP contribution is -2.45. The SMILES string of the molecule is CNc1ccc(C(=O)NC(C)C(=O)NCC(C)C)nc1. The summed E-state index contributed by atoms with van der Waals surface area (Å²) in [5, 5.41) is 8.32. The molecule has 1 aromatic rings. The predicted octanol–water partition coefficient (Wildman–Crippen LogP) is 1.01. The van der Waals surface area contributed by atoms with Crippen LogP contribution in [0.1, 0.15) is 31.3 Å². The monoisotopic (exact) mass is 278 g/mol. The highest BCUT2D eigenvalue weighted by molar-refractivity contribution is 5.96. The maximum atomic E-state index is 11.9. The van der Waals surface area contributed by atoms with Crippen LogP contribution in [0.5, 0.6) is 0 Å². The molecule has 0 bridgehead atoms. The molecule has 3 N–H and O–H groups in total. The third kappa shape index (κ3) is 4.87. The van der Waals surface area contributed by atoms with E-state index in [9.17, 15) is 9.59 Å². The van der Waals surface area contributed by atoms with Gasteiger partial charge < -0.3 is 16.0 Å². The molecule has 6 nitrogen and oxygen atoms in total. The van der Waals surface area contributed by atoms with Gasteiger partial charge in [-0.25, -0.2) is 4.98 Å². The molecule has 0 aliphatic rings. The Hall–Kier alpha value is -2.11. The summed E-state index contributed by atoms with van der Waals surface area (Å²) in [7, 11) is 1.78. The Kier molecular flexibility index (Phi) is 5.96. The highest BCUT2D eigenvalue weighted by Crippen LogP contribution is 2.04. The molecule has 1 unspecified atom stereocenters. The molecule has 0 spiro atoms. The average molecular weight is 278 g/mol. The number of pyridine rings is 1. The quantitative estimate of drug-likeness (QED) is 0.725. The Balaban J connectivity index is 2.53. The van der Waals surface area contributed by atoms with Crippen LogP contribution in [0.4, 0.5) is 5.69 Å². The summed E-state index contributed by atoms with van der Waals surface area (Å²) in [4.78, 5) is 27.7. The number of anilines is 1. The zero-order chi connectivity index (χ0) is 15.1. The smallest absolute Gasteiger partial charge is 0.270 e. The minimum atomic E-state index is -0.591. The predicted molar refractivity (Wildman–Crippen MR) is 78.6 cm³/mol. The third-order valence-electron chi connectivity index (χ3n) is 2.71. The van der Waals surface area contributed by atoms with Crippen LogP contribution < -0.4 is 16.0 Å². The lowest BCUT2D eigenvalue weighted by molar-refractivity contribution is -0.122. The molecule has 6 heteroatoms. The van der Waals surface area contributed by atoms with Gasteiger partial charge in [0.1, 0.15) is 11.7 Å². The van der Waals surface area contributed by atoms with E-state index in [0.717, 1.165) is 5.69 Å². The fraction of sp³-hybridized carbons (Fsp3) is 0.500. The first-order chi connectivity index (χ1) is 9.43. The number of nitrogens with one attached hydrogen (secondary N) is 3.